The molecule has 1 aromatic heterocycles. The Balaban J connectivity index is 1.74. The van der Waals surface area contributed by atoms with Gasteiger partial charge in [-0.05, 0) is 33.6 Å². The van der Waals surface area contributed by atoms with Crippen molar-refractivity contribution in [2.45, 2.75) is 75.9 Å². The van der Waals surface area contributed by atoms with Crippen molar-refractivity contribution in [1.29, 1.82) is 0 Å². The van der Waals surface area contributed by atoms with Crippen LogP contribution in [0.3, 0.4) is 0 Å². The van der Waals surface area contributed by atoms with Crippen molar-refractivity contribution in [3.8, 4) is 11.4 Å². The molecule has 27 heavy (non-hydrogen) atoms. The first-order valence-corrected chi connectivity index (χ1v) is 11.0. The van der Waals surface area contributed by atoms with Crippen molar-refractivity contribution in [2.24, 2.45) is 0 Å². The summed E-state index contributed by atoms with van der Waals surface area (Å²) in [7, 11) is 0. The number of amides is 1. The highest BCUT2D eigenvalue weighted by atomic mass is 32.2. The first-order valence-electron chi connectivity index (χ1n) is 10.1. The molecule has 1 aromatic carbocycles. The zero-order valence-corrected chi connectivity index (χ0v) is 17.4. The summed E-state index contributed by atoms with van der Waals surface area (Å²) in [5, 5.41) is 9.43. The van der Waals surface area contributed by atoms with Crippen LogP contribution in [0.4, 0.5) is 0 Å². The largest absolute Gasteiger partial charge is 0.339 e. The standard InChI is InChI=1S/C21H30N4OS/c1-4-24(18-14-10-7-11-15-18)20(26)16(3)27-21-23-22-19(25(21)5-2)17-12-8-6-9-13-17/h6,8-9,12-13,16,18H,4-5,7,10-11,14-15H2,1-3H3. The van der Waals surface area contributed by atoms with Gasteiger partial charge < -0.3 is 9.47 Å². The average Bonchev–Trinajstić information content (AvgIpc) is 3.12. The number of aromatic nitrogens is 3. The predicted octanol–water partition coefficient (Wildman–Crippen LogP) is 4.63. The number of nitrogens with zero attached hydrogens (tertiary/aromatic N) is 4. The molecule has 5 nitrogen and oxygen atoms in total. The summed E-state index contributed by atoms with van der Waals surface area (Å²) in [6.07, 6.45) is 6.05. The maximum absolute atomic E-state index is 13.1. The van der Waals surface area contributed by atoms with Crippen molar-refractivity contribution in [1.82, 2.24) is 19.7 Å². The molecule has 0 saturated heterocycles. The van der Waals surface area contributed by atoms with E-state index < -0.39 is 0 Å². The third-order valence-corrected chi connectivity index (χ3v) is 6.40. The van der Waals surface area contributed by atoms with Crippen LogP contribution in [0.5, 0.6) is 0 Å². The van der Waals surface area contributed by atoms with Crippen molar-refractivity contribution >= 4 is 17.7 Å². The van der Waals surface area contributed by atoms with Crippen LogP contribution in [0, 0.1) is 0 Å². The highest BCUT2D eigenvalue weighted by Gasteiger charge is 2.29. The van der Waals surface area contributed by atoms with Gasteiger partial charge in [-0.1, -0.05) is 61.4 Å². The highest BCUT2D eigenvalue weighted by Crippen LogP contribution is 2.29. The monoisotopic (exact) mass is 386 g/mol. The van der Waals surface area contributed by atoms with Gasteiger partial charge in [-0.2, -0.15) is 0 Å². The molecule has 6 heteroatoms. The summed E-state index contributed by atoms with van der Waals surface area (Å²) in [6, 6.07) is 10.5. The maximum atomic E-state index is 13.1. The Kier molecular flexibility index (Phi) is 6.94. The van der Waals surface area contributed by atoms with Gasteiger partial charge in [0.2, 0.25) is 5.91 Å². The molecule has 1 unspecified atom stereocenters. The van der Waals surface area contributed by atoms with E-state index in [4.69, 9.17) is 0 Å². The minimum Gasteiger partial charge on any atom is -0.339 e. The van der Waals surface area contributed by atoms with Crippen LogP contribution in [0.15, 0.2) is 35.5 Å². The van der Waals surface area contributed by atoms with Gasteiger partial charge in [0.15, 0.2) is 11.0 Å². The Bertz CT molecular complexity index is 740. The minimum atomic E-state index is -0.162. The Morgan fingerprint density at radius 2 is 1.89 bits per heavy atom. The Hall–Kier alpha value is -1.82. The lowest BCUT2D eigenvalue weighted by Gasteiger charge is -2.35. The van der Waals surface area contributed by atoms with Crippen molar-refractivity contribution in [2.75, 3.05) is 6.54 Å². The molecule has 1 fully saturated rings. The number of carbonyl (C=O) groups excluding carboxylic acids is 1. The molecule has 1 saturated carbocycles. The summed E-state index contributed by atoms with van der Waals surface area (Å²) < 4.78 is 2.10. The third-order valence-electron chi connectivity index (χ3n) is 5.33. The van der Waals surface area contributed by atoms with Gasteiger partial charge in [0.05, 0.1) is 5.25 Å². The minimum absolute atomic E-state index is 0.162. The molecule has 0 N–H and O–H groups in total. The fourth-order valence-corrected chi connectivity index (χ4v) is 4.87. The molecule has 0 radical (unpaired) electrons. The van der Waals surface area contributed by atoms with Gasteiger partial charge in [-0.3, -0.25) is 4.79 Å². The van der Waals surface area contributed by atoms with E-state index in [9.17, 15) is 4.79 Å². The number of hydrogen-bond acceptors (Lipinski definition) is 4. The van der Waals surface area contributed by atoms with Crippen LogP contribution < -0.4 is 0 Å². The second kappa shape index (κ2) is 9.40. The Morgan fingerprint density at radius 3 is 2.52 bits per heavy atom. The SMILES string of the molecule is CCN(C(=O)C(C)Sc1nnc(-c2ccccc2)n1CC)C1CCCCC1. The van der Waals surface area contributed by atoms with E-state index in [0.29, 0.717) is 6.04 Å². The van der Waals surface area contributed by atoms with Crippen molar-refractivity contribution in [3.63, 3.8) is 0 Å². The zero-order valence-electron chi connectivity index (χ0n) is 16.6. The van der Waals surface area contributed by atoms with Crippen LogP contribution in [0.25, 0.3) is 11.4 Å². The molecule has 1 amide bonds. The molecular formula is C21H30N4OS. The Labute approximate surface area is 166 Å². The second-order valence-corrected chi connectivity index (χ2v) is 8.40. The first-order chi connectivity index (χ1) is 13.2. The van der Waals surface area contributed by atoms with E-state index in [1.54, 1.807) is 0 Å². The van der Waals surface area contributed by atoms with Crippen LogP contribution in [0.1, 0.15) is 52.9 Å². The lowest BCUT2D eigenvalue weighted by atomic mass is 9.94. The maximum Gasteiger partial charge on any atom is 0.236 e. The van der Waals surface area contributed by atoms with Gasteiger partial charge >= 0.3 is 0 Å². The summed E-state index contributed by atoms with van der Waals surface area (Å²) >= 11 is 1.52. The molecule has 2 aromatic rings. The quantitative estimate of drug-likeness (QED) is 0.651. The number of rotatable bonds is 7. The van der Waals surface area contributed by atoms with E-state index in [1.165, 1.54) is 31.0 Å². The predicted molar refractivity (Wildman–Crippen MR) is 111 cm³/mol. The normalized spacial score (nSPS) is 16.3. The van der Waals surface area contributed by atoms with E-state index >= 15 is 0 Å². The van der Waals surface area contributed by atoms with E-state index in [-0.39, 0.29) is 11.2 Å². The molecule has 1 heterocycles. The lowest BCUT2D eigenvalue weighted by molar-refractivity contribution is -0.133. The molecule has 0 aliphatic heterocycles. The fourth-order valence-electron chi connectivity index (χ4n) is 3.89. The highest BCUT2D eigenvalue weighted by molar-refractivity contribution is 8.00. The first kappa shape index (κ1) is 19.9. The summed E-state index contributed by atoms with van der Waals surface area (Å²) in [4.78, 5) is 15.2. The fraction of sp³-hybridized carbons (Fsp3) is 0.571. The Morgan fingerprint density at radius 1 is 1.19 bits per heavy atom. The van der Waals surface area contributed by atoms with Crippen LogP contribution in [0.2, 0.25) is 0 Å². The summed E-state index contributed by atoms with van der Waals surface area (Å²) in [5.41, 5.74) is 1.05. The number of benzene rings is 1. The number of carbonyl (C=O) groups is 1. The molecule has 0 spiro atoms. The van der Waals surface area contributed by atoms with Gasteiger partial charge in [-0.15, -0.1) is 10.2 Å². The summed E-state index contributed by atoms with van der Waals surface area (Å²) in [5.74, 6) is 1.08. The van der Waals surface area contributed by atoms with Gasteiger partial charge in [0, 0.05) is 24.7 Å². The number of thioether (sulfide) groups is 1. The van der Waals surface area contributed by atoms with E-state index in [0.717, 1.165) is 42.5 Å². The second-order valence-electron chi connectivity index (χ2n) is 7.09. The van der Waals surface area contributed by atoms with Crippen molar-refractivity contribution < 1.29 is 4.79 Å². The van der Waals surface area contributed by atoms with Crippen LogP contribution in [-0.2, 0) is 11.3 Å². The van der Waals surface area contributed by atoms with Gasteiger partial charge in [-0.25, -0.2) is 0 Å². The molecular weight excluding hydrogens is 356 g/mol. The molecule has 1 atom stereocenters. The molecule has 3 rings (SSSR count). The van der Waals surface area contributed by atoms with Crippen LogP contribution >= 0.6 is 11.8 Å². The van der Waals surface area contributed by atoms with Crippen molar-refractivity contribution in [3.05, 3.63) is 30.3 Å². The summed E-state index contributed by atoms with van der Waals surface area (Å²) in [6.45, 7) is 7.73. The third kappa shape index (κ3) is 4.54. The number of hydrogen-bond donors (Lipinski definition) is 0. The smallest absolute Gasteiger partial charge is 0.236 e. The van der Waals surface area contributed by atoms with Gasteiger partial charge in [0.1, 0.15) is 0 Å². The van der Waals surface area contributed by atoms with Crippen LogP contribution in [-0.4, -0.2) is 43.4 Å². The molecule has 146 valence electrons. The molecule has 0 bridgehead atoms. The molecule has 1 aliphatic rings. The molecule has 1 aliphatic carbocycles. The van der Waals surface area contributed by atoms with E-state index in [2.05, 4.69) is 33.5 Å². The van der Waals surface area contributed by atoms with E-state index in [1.807, 2.05) is 37.3 Å². The zero-order chi connectivity index (χ0) is 19.2. The van der Waals surface area contributed by atoms with Gasteiger partial charge in [0.25, 0.3) is 0 Å². The topological polar surface area (TPSA) is 51.0 Å². The average molecular weight is 387 g/mol. The lowest BCUT2D eigenvalue weighted by Crippen LogP contribution is -2.44.